The van der Waals surface area contributed by atoms with Crippen molar-refractivity contribution in [3.8, 4) is 0 Å². The minimum Gasteiger partial charge on any atom is 1.00 e. The van der Waals surface area contributed by atoms with Crippen molar-refractivity contribution in [1.29, 1.82) is 0 Å². The van der Waals surface area contributed by atoms with Crippen LogP contribution in [0.25, 0.3) is 0 Å². The first-order valence-corrected chi connectivity index (χ1v) is 19.5. The van der Waals surface area contributed by atoms with Gasteiger partial charge in [0.25, 0.3) is 0 Å². The second-order valence-electron chi connectivity index (χ2n) is 12.4. The van der Waals surface area contributed by atoms with Gasteiger partial charge in [0.15, 0.2) is 0 Å². The van der Waals surface area contributed by atoms with Crippen LogP contribution in [0, 0.1) is 0 Å². The van der Waals surface area contributed by atoms with Crippen LogP contribution in [0.4, 0.5) is 0 Å². The minimum absolute atomic E-state index is 0. The first-order chi connectivity index (χ1) is 20.0. The van der Waals surface area contributed by atoms with Gasteiger partial charge in [-0.25, -0.2) is 0 Å². The SMILES string of the molecule is CCCCCCCCCCCCCCCC(=O)[PH-](C(=O)CCCCCCCCCCCCCCC)C(O)C(O)CO.[Na+]. The fourth-order valence-corrected chi connectivity index (χ4v) is 8.01. The van der Waals surface area contributed by atoms with Crippen molar-refractivity contribution in [2.45, 2.75) is 206 Å². The van der Waals surface area contributed by atoms with Crippen LogP contribution in [-0.2, 0) is 9.59 Å². The number of hydrogen-bond donors (Lipinski definition) is 3. The van der Waals surface area contributed by atoms with E-state index >= 15 is 0 Å². The Morgan fingerprint density at radius 1 is 0.476 bits per heavy atom. The predicted octanol–water partition coefficient (Wildman–Crippen LogP) is 6.89. The Labute approximate surface area is 284 Å². The Kier molecular flexibility index (Phi) is 36.8. The molecule has 0 aromatic carbocycles. The number of aliphatic hydroxyl groups excluding tert-OH is 3. The summed E-state index contributed by atoms with van der Waals surface area (Å²) in [7, 11) is -2.45. The Morgan fingerprint density at radius 2 is 0.714 bits per heavy atom. The minimum atomic E-state index is -2.45. The quantitative estimate of drug-likeness (QED) is 0.0420. The topological polar surface area (TPSA) is 94.8 Å². The van der Waals surface area contributed by atoms with Crippen LogP contribution in [0.15, 0.2) is 0 Å². The average Bonchev–Trinajstić information content (AvgIpc) is 2.97. The summed E-state index contributed by atoms with van der Waals surface area (Å²) >= 11 is 0. The zero-order chi connectivity index (χ0) is 30.4. The smallest absolute Gasteiger partial charge is 1.00 e. The summed E-state index contributed by atoms with van der Waals surface area (Å²) in [5, 5.41) is 29.8. The van der Waals surface area contributed by atoms with E-state index in [4.69, 9.17) is 0 Å². The maximum Gasteiger partial charge on any atom is 1.00 e. The molecule has 0 bridgehead atoms. The second-order valence-corrected chi connectivity index (χ2v) is 15.0. The van der Waals surface area contributed by atoms with Gasteiger partial charge in [-0.05, 0) is 0 Å². The van der Waals surface area contributed by atoms with E-state index < -0.39 is 26.5 Å². The number of aliphatic hydroxyl groups is 3. The van der Waals surface area contributed by atoms with Crippen molar-refractivity contribution in [2.75, 3.05) is 6.61 Å². The van der Waals surface area contributed by atoms with E-state index in [1.54, 1.807) is 0 Å². The zero-order valence-corrected chi connectivity index (χ0v) is 31.3. The van der Waals surface area contributed by atoms with Gasteiger partial charge in [0.1, 0.15) is 0 Å². The van der Waals surface area contributed by atoms with Crippen LogP contribution >= 0.6 is 7.92 Å². The largest absolute Gasteiger partial charge is 1.00 e. The van der Waals surface area contributed by atoms with Gasteiger partial charge in [0, 0.05) is 0 Å². The molecule has 0 saturated carbocycles. The Bertz CT molecular complexity index is 550. The third-order valence-electron chi connectivity index (χ3n) is 8.46. The van der Waals surface area contributed by atoms with Crippen molar-refractivity contribution in [3.05, 3.63) is 0 Å². The van der Waals surface area contributed by atoms with Crippen LogP contribution in [0.2, 0.25) is 0 Å². The summed E-state index contributed by atoms with van der Waals surface area (Å²) in [6.07, 6.45) is 31.1. The van der Waals surface area contributed by atoms with Gasteiger partial charge >= 0.3 is 233 Å². The average molecular weight is 625 g/mol. The third-order valence-corrected chi connectivity index (χ3v) is 11.1. The Balaban J connectivity index is 0. The molecule has 0 fully saturated rings. The molecule has 0 amide bonds. The van der Waals surface area contributed by atoms with Crippen LogP contribution < -0.4 is 29.6 Å². The van der Waals surface area contributed by atoms with E-state index in [9.17, 15) is 24.9 Å². The molecule has 0 spiro atoms. The molecule has 2 atom stereocenters. The van der Waals surface area contributed by atoms with Crippen molar-refractivity contribution in [2.24, 2.45) is 0 Å². The summed E-state index contributed by atoms with van der Waals surface area (Å²) in [6.45, 7) is 3.87. The normalized spacial score (nSPS) is 13.0. The summed E-state index contributed by atoms with van der Waals surface area (Å²) < 4.78 is 0. The van der Waals surface area contributed by atoms with Gasteiger partial charge in [0.05, 0.1) is 0 Å². The molecular formula is C35H70NaO5P. The van der Waals surface area contributed by atoms with E-state index in [1.165, 1.54) is 128 Å². The molecule has 0 aromatic rings. The van der Waals surface area contributed by atoms with Crippen molar-refractivity contribution >= 4 is 19.0 Å². The summed E-state index contributed by atoms with van der Waals surface area (Å²) in [5.41, 5.74) is -0.365. The molecule has 0 aliphatic carbocycles. The van der Waals surface area contributed by atoms with Crippen LogP contribution in [-0.4, -0.2) is 44.9 Å². The monoisotopic (exact) mass is 624 g/mol. The van der Waals surface area contributed by atoms with Gasteiger partial charge in [-0.15, -0.1) is 0 Å². The van der Waals surface area contributed by atoms with Crippen LogP contribution in [0.5, 0.6) is 0 Å². The van der Waals surface area contributed by atoms with Crippen molar-refractivity contribution in [1.82, 2.24) is 0 Å². The first-order valence-electron chi connectivity index (χ1n) is 17.9. The molecule has 0 radical (unpaired) electrons. The Hall–Kier alpha value is 0.650. The molecule has 5 nitrogen and oxygen atoms in total. The number of carbonyl (C=O) groups excluding carboxylic acids is 2. The molecule has 246 valence electrons. The summed E-state index contributed by atoms with van der Waals surface area (Å²) in [5.74, 6) is -1.42. The second kappa shape index (κ2) is 34.5. The fraction of sp³-hybridized carbons (Fsp3) is 0.943. The fourth-order valence-electron chi connectivity index (χ4n) is 5.65. The molecule has 7 heteroatoms. The predicted molar refractivity (Wildman–Crippen MR) is 178 cm³/mol. The summed E-state index contributed by atoms with van der Waals surface area (Å²) in [4.78, 5) is 25.9. The molecule has 42 heavy (non-hydrogen) atoms. The number of carbonyl (C=O) groups is 2. The standard InChI is InChI=1S/C35H70O5P.Na/c1-3-5-7-9-11-13-15-17-19-21-23-25-27-29-33(38)41(35(40)32(37)31-36)34(39)30-28-26-24-22-20-18-16-14-12-10-8-6-4-2;/h32,35-37,40-41H,3-31H2,1-2H3;/q-1;+1. The zero-order valence-electron chi connectivity index (χ0n) is 28.3. The van der Waals surface area contributed by atoms with Crippen molar-refractivity contribution < 1.29 is 54.5 Å². The van der Waals surface area contributed by atoms with Gasteiger partial charge in [-0.1, -0.05) is 52.4 Å². The molecule has 0 rings (SSSR count). The summed E-state index contributed by atoms with van der Waals surface area (Å²) in [6, 6.07) is 0. The molecule has 0 aliphatic heterocycles. The van der Waals surface area contributed by atoms with Gasteiger partial charge in [-0.3, -0.25) is 0 Å². The number of unbranched alkanes of at least 4 members (excludes halogenated alkanes) is 24. The van der Waals surface area contributed by atoms with E-state index in [-0.39, 0.29) is 40.6 Å². The molecule has 0 heterocycles. The van der Waals surface area contributed by atoms with Crippen LogP contribution in [0.3, 0.4) is 0 Å². The molecule has 2 unspecified atom stereocenters. The first kappa shape index (κ1) is 44.8. The Morgan fingerprint density at radius 3 is 0.952 bits per heavy atom. The maximum atomic E-state index is 13.0. The number of hydrogen-bond acceptors (Lipinski definition) is 5. The molecule has 0 aromatic heterocycles. The van der Waals surface area contributed by atoms with Gasteiger partial charge in [-0.2, -0.15) is 0 Å². The third kappa shape index (κ3) is 27.0. The van der Waals surface area contributed by atoms with E-state index in [0.717, 1.165) is 38.5 Å². The molecule has 0 aliphatic rings. The van der Waals surface area contributed by atoms with Gasteiger partial charge < -0.3 is 0 Å². The van der Waals surface area contributed by atoms with Crippen LogP contribution in [0.1, 0.15) is 194 Å². The molecule has 0 saturated heterocycles. The maximum absolute atomic E-state index is 13.0. The van der Waals surface area contributed by atoms with E-state index in [0.29, 0.717) is 12.8 Å². The van der Waals surface area contributed by atoms with E-state index in [1.807, 2.05) is 0 Å². The molecular weight excluding hydrogens is 554 g/mol. The number of rotatable bonds is 33. The van der Waals surface area contributed by atoms with Crippen molar-refractivity contribution in [3.63, 3.8) is 0 Å². The van der Waals surface area contributed by atoms with Gasteiger partial charge in [0.2, 0.25) is 0 Å². The van der Waals surface area contributed by atoms with E-state index in [2.05, 4.69) is 13.8 Å². The molecule has 3 N–H and O–H groups in total.